The van der Waals surface area contributed by atoms with Crippen LogP contribution in [-0.2, 0) is 19.3 Å². The van der Waals surface area contributed by atoms with Crippen molar-refractivity contribution in [2.45, 2.75) is 45.4 Å². The van der Waals surface area contributed by atoms with Gasteiger partial charge in [0.2, 0.25) is 0 Å². The number of hydrogen-bond donors (Lipinski definition) is 0. The minimum absolute atomic E-state index is 0.343. The zero-order chi connectivity index (χ0) is 41.4. The van der Waals surface area contributed by atoms with Gasteiger partial charge in [-0.25, -0.2) is 34.3 Å². The average molecular weight is 860 g/mol. The molecule has 0 bridgehead atoms. The van der Waals surface area contributed by atoms with Crippen molar-refractivity contribution < 1.29 is 4.39 Å². The van der Waals surface area contributed by atoms with Gasteiger partial charge in [-0.15, -0.1) is 34.0 Å². The third-order valence-corrected chi connectivity index (χ3v) is 11.9. The number of thiazole rings is 3. The highest BCUT2D eigenvalue weighted by atomic mass is 35.5. The summed E-state index contributed by atoms with van der Waals surface area (Å²) in [6.45, 7) is 1.98. The molecule has 0 atom stereocenters. The standard InChI is InChI=1S/C17H14N2S.C16H11ClN2S.C16H11FN2S/c1-13-7-6-9-14(18-13)8-2-5-12-17-19-15-10-3-4-11-16(15)20-17;17-15-10-5-7-12(18-15)6-1-4-11-16-19-13-8-2-3-9-14(13)20-16;17-12-9-10-13(18-11-12)5-1-4-8-16-19-14-6-2-3-7-15(14)20-16/h3-4,6-7,9-11H,5,12H2,1H3;2-3,5,7-10H,4,11H2;2-3,6-7,9-11H,4,8H2. The van der Waals surface area contributed by atoms with Crippen LogP contribution in [0.2, 0.25) is 5.15 Å². The van der Waals surface area contributed by atoms with Gasteiger partial charge in [0.05, 0.1) is 51.9 Å². The van der Waals surface area contributed by atoms with Gasteiger partial charge in [-0.05, 0) is 97.5 Å². The first kappa shape index (κ1) is 41.8. The topological polar surface area (TPSA) is 77.3 Å². The summed E-state index contributed by atoms with van der Waals surface area (Å²) in [5.41, 5.74) is 6.34. The quantitative estimate of drug-likeness (QED) is 0.122. The van der Waals surface area contributed by atoms with Crippen molar-refractivity contribution >= 4 is 76.3 Å². The molecule has 0 saturated carbocycles. The molecule has 0 unspecified atom stereocenters. The first-order chi connectivity index (χ1) is 29.4. The molecule has 0 aliphatic rings. The summed E-state index contributed by atoms with van der Waals surface area (Å²) in [5.74, 6) is 18.0. The third kappa shape index (κ3) is 12.8. The van der Waals surface area contributed by atoms with Crippen LogP contribution in [0.1, 0.15) is 57.1 Å². The largest absolute Gasteiger partial charge is 0.245 e. The Balaban J connectivity index is 0.000000136. The highest BCUT2D eigenvalue weighted by molar-refractivity contribution is 7.19. The van der Waals surface area contributed by atoms with Gasteiger partial charge >= 0.3 is 0 Å². The minimum Gasteiger partial charge on any atom is -0.245 e. The van der Waals surface area contributed by atoms with Crippen LogP contribution in [0.3, 0.4) is 0 Å². The van der Waals surface area contributed by atoms with Crippen molar-refractivity contribution in [1.29, 1.82) is 0 Å². The second-order valence-electron chi connectivity index (χ2n) is 13.0. The van der Waals surface area contributed by atoms with Crippen molar-refractivity contribution in [2.24, 2.45) is 0 Å². The Hall–Kier alpha value is -6.32. The molecular weight excluding hydrogens is 823 g/mol. The Labute approximate surface area is 365 Å². The van der Waals surface area contributed by atoms with Gasteiger partial charge < -0.3 is 0 Å². The highest BCUT2D eigenvalue weighted by Gasteiger charge is 2.04. The minimum atomic E-state index is -0.343. The number of pyridine rings is 3. The summed E-state index contributed by atoms with van der Waals surface area (Å²) in [5, 5.41) is 3.84. The molecule has 3 aromatic carbocycles. The lowest BCUT2D eigenvalue weighted by Crippen LogP contribution is -1.85. The van der Waals surface area contributed by atoms with E-state index in [2.05, 4.69) is 89.7 Å². The van der Waals surface area contributed by atoms with Gasteiger partial charge in [-0.3, -0.25) is 0 Å². The summed E-state index contributed by atoms with van der Waals surface area (Å²) >= 11 is 11.0. The fourth-order valence-electron chi connectivity index (χ4n) is 5.59. The molecule has 0 aliphatic heterocycles. The first-order valence-electron chi connectivity index (χ1n) is 19.1. The molecule has 0 saturated heterocycles. The number of para-hydroxylation sites is 3. The molecule has 60 heavy (non-hydrogen) atoms. The van der Waals surface area contributed by atoms with E-state index in [4.69, 9.17) is 11.6 Å². The van der Waals surface area contributed by atoms with Gasteiger partial charge in [0, 0.05) is 44.2 Å². The van der Waals surface area contributed by atoms with Crippen molar-refractivity contribution in [3.05, 3.63) is 176 Å². The van der Waals surface area contributed by atoms with Gasteiger partial charge in [0.1, 0.15) is 28.1 Å². The Morgan fingerprint density at radius 2 is 0.933 bits per heavy atom. The number of aryl methyl sites for hydroxylation is 4. The molecule has 9 rings (SSSR count). The SMILES string of the molecule is Cc1cccc(C#CCCc2nc3ccccc3s2)n1.Clc1cccc(C#CCCc2nc3ccccc3s2)n1.Fc1ccc(C#CCCc2nc3ccccc3s2)nc1. The van der Waals surface area contributed by atoms with Gasteiger partial charge in [-0.1, -0.05) is 77.9 Å². The third-order valence-electron chi connectivity index (χ3n) is 8.39. The van der Waals surface area contributed by atoms with Crippen LogP contribution in [0.5, 0.6) is 0 Å². The lowest BCUT2D eigenvalue weighted by Gasteiger charge is -1.91. The number of benzene rings is 3. The maximum absolute atomic E-state index is 12.7. The zero-order valence-corrected chi connectivity index (χ0v) is 35.7. The van der Waals surface area contributed by atoms with Crippen LogP contribution in [0, 0.1) is 48.3 Å². The Morgan fingerprint density at radius 3 is 1.37 bits per heavy atom. The molecule has 294 valence electrons. The van der Waals surface area contributed by atoms with Crippen LogP contribution < -0.4 is 0 Å². The number of fused-ring (bicyclic) bond motifs is 3. The van der Waals surface area contributed by atoms with Gasteiger partial charge in [-0.2, -0.15) is 0 Å². The Bertz CT molecular complexity index is 2790. The van der Waals surface area contributed by atoms with E-state index < -0.39 is 0 Å². The molecule has 0 radical (unpaired) electrons. The second kappa shape index (κ2) is 21.6. The normalized spacial score (nSPS) is 10.2. The fourth-order valence-corrected chi connectivity index (χ4v) is 8.65. The molecule has 0 N–H and O–H groups in total. The lowest BCUT2D eigenvalue weighted by atomic mass is 10.3. The summed E-state index contributed by atoms with van der Waals surface area (Å²) in [7, 11) is 0. The maximum Gasteiger partial charge on any atom is 0.141 e. The maximum atomic E-state index is 12.7. The smallest absolute Gasteiger partial charge is 0.141 e. The van der Waals surface area contributed by atoms with Crippen LogP contribution >= 0.6 is 45.6 Å². The average Bonchev–Trinajstić information content (AvgIpc) is 4.00. The second-order valence-corrected chi connectivity index (χ2v) is 16.7. The predicted octanol–water partition coefficient (Wildman–Crippen LogP) is 12.1. The molecule has 0 aliphatic carbocycles. The molecule has 11 heteroatoms. The lowest BCUT2D eigenvalue weighted by molar-refractivity contribution is 0.621. The van der Waals surface area contributed by atoms with E-state index in [1.54, 1.807) is 46.1 Å². The van der Waals surface area contributed by atoms with Crippen molar-refractivity contribution in [3.8, 4) is 35.5 Å². The van der Waals surface area contributed by atoms with Gasteiger partial charge in [0.25, 0.3) is 0 Å². The Morgan fingerprint density at radius 1 is 0.483 bits per heavy atom. The Kier molecular flexibility index (Phi) is 15.1. The van der Waals surface area contributed by atoms with Crippen molar-refractivity contribution in [2.75, 3.05) is 0 Å². The van der Waals surface area contributed by atoms with Crippen molar-refractivity contribution in [3.63, 3.8) is 0 Å². The van der Waals surface area contributed by atoms with E-state index in [0.717, 1.165) is 81.5 Å². The first-order valence-corrected chi connectivity index (χ1v) is 21.9. The monoisotopic (exact) mass is 858 g/mol. The molecular formula is C49H36ClFN6S3. The number of aromatic nitrogens is 6. The molecule has 0 fully saturated rings. The van der Waals surface area contributed by atoms with E-state index in [1.165, 1.54) is 26.4 Å². The number of hydrogen-bond acceptors (Lipinski definition) is 9. The van der Waals surface area contributed by atoms with Crippen LogP contribution in [0.15, 0.2) is 128 Å². The molecule has 0 amide bonds. The summed E-state index contributed by atoms with van der Waals surface area (Å²) in [6, 6.07) is 38.8. The van der Waals surface area contributed by atoms with E-state index in [1.807, 2.05) is 85.8 Å². The molecule has 0 spiro atoms. The van der Waals surface area contributed by atoms with E-state index >= 15 is 0 Å². The number of halogens is 2. The van der Waals surface area contributed by atoms with Crippen LogP contribution in [-0.4, -0.2) is 29.9 Å². The number of nitrogens with zero attached hydrogens (tertiary/aromatic N) is 6. The van der Waals surface area contributed by atoms with Crippen LogP contribution in [0.4, 0.5) is 4.39 Å². The summed E-state index contributed by atoms with van der Waals surface area (Å²) in [4.78, 5) is 26.1. The predicted molar refractivity (Wildman–Crippen MR) is 247 cm³/mol. The zero-order valence-electron chi connectivity index (χ0n) is 32.5. The van der Waals surface area contributed by atoms with Crippen LogP contribution in [0.25, 0.3) is 30.6 Å². The number of rotatable bonds is 6. The van der Waals surface area contributed by atoms with Crippen molar-refractivity contribution in [1.82, 2.24) is 29.9 Å². The highest BCUT2D eigenvalue weighted by Crippen LogP contribution is 2.24. The fraction of sp³-hybridized carbons (Fsp3) is 0.143. The van der Waals surface area contributed by atoms with E-state index in [9.17, 15) is 4.39 Å². The molecule has 6 aromatic heterocycles. The molecule has 6 heterocycles. The molecule has 6 nitrogen and oxygen atoms in total. The summed E-state index contributed by atoms with van der Waals surface area (Å²) in [6.07, 6.45) is 6.08. The van der Waals surface area contributed by atoms with E-state index in [-0.39, 0.29) is 5.82 Å². The van der Waals surface area contributed by atoms with E-state index in [0.29, 0.717) is 16.5 Å². The molecule has 9 aromatic rings. The summed E-state index contributed by atoms with van der Waals surface area (Å²) < 4.78 is 16.4. The van der Waals surface area contributed by atoms with Gasteiger partial charge in [0.15, 0.2) is 0 Å².